The van der Waals surface area contributed by atoms with Gasteiger partial charge in [0, 0.05) is 5.90 Å². The fraction of sp³-hybridized carbons (Fsp3) is 0.750. The van der Waals surface area contributed by atoms with Crippen molar-refractivity contribution in [3.05, 3.63) is 11.8 Å². The van der Waals surface area contributed by atoms with Gasteiger partial charge < -0.3 is 13.8 Å². The first-order valence-electron chi connectivity index (χ1n) is 6.49. The summed E-state index contributed by atoms with van der Waals surface area (Å²) in [4.78, 5) is 0. The molecule has 0 aliphatic carbocycles. The van der Waals surface area contributed by atoms with Gasteiger partial charge in [-0.05, 0) is 40.7 Å². The Morgan fingerprint density at radius 1 is 1.16 bits per heavy atom. The van der Waals surface area contributed by atoms with Crippen LogP contribution < -0.4 is 5.11 Å². The summed E-state index contributed by atoms with van der Waals surface area (Å²) in [7, 11) is -3.97. The summed E-state index contributed by atoms with van der Waals surface area (Å²) in [6.07, 6.45) is 1.00. The van der Waals surface area contributed by atoms with Gasteiger partial charge in [-0.3, -0.25) is 0 Å². The summed E-state index contributed by atoms with van der Waals surface area (Å²) in [5, 5.41) is 10.4. The topological polar surface area (TPSA) is 78.8 Å². The molecular weight excluding hydrogens is 268 g/mol. The minimum absolute atomic E-state index is 0.0417. The van der Waals surface area contributed by atoms with E-state index in [1.54, 1.807) is 0 Å². The molecule has 0 spiro atoms. The van der Waals surface area contributed by atoms with E-state index in [0.717, 1.165) is 6.08 Å². The van der Waals surface area contributed by atoms with Gasteiger partial charge in [-0.25, -0.2) is 0 Å². The van der Waals surface area contributed by atoms with Crippen LogP contribution in [0.25, 0.3) is 0 Å². The van der Waals surface area contributed by atoms with Gasteiger partial charge in [-0.2, -0.15) is 8.42 Å². The van der Waals surface area contributed by atoms with Crippen molar-refractivity contribution in [3.63, 3.8) is 0 Å². The van der Waals surface area contributed by atoms with E-state index in [2.05, 4.69) is 36.3 Å². The molecule has 0 bridgehead atoms. The Kier molecular flexibility index (Phi) is 7.07. The molecule has 0 unspecified atom stereocenters. The van der Waals surface area contributed by atoms with E-state index in [1.807, 2.05) is 0 Å². The van der Waals surface area contributed by atoms with Crippen LogP contribution >= 0.6 is 0 Å². The molecule has 0 saturated heterocycles. The molecule has 7 heteroatoms. The van der Waals surface area contributed by atoms with Crippen LogP contribution in [0.4, 0.5) is 0 Å². The highest BCUT2D eigenvalue weighted by Crippen LogP contribution is 2.09. The molecule has 0 radical (unpaired) electrons. The van der Waals surface area contributed by atoms with Crippen LogP contribution in [0.1, 0.15) is 34.6 Å². The van der Waals surface area contributed by atoms with E-state index in [-0.39, 0.29) is 5.76 Å². The van der Waals surface area contributed by atoms with Crippen LogP contribution in [0, 0.1) is 0 Å². The molecule has 0 saturated carbocycles. The highest BCUT2D eigenvalue weighted by molar-refractivity contribution is 7.85. The molecule has 0 fully saturated rings. The minimum atomic E-state index is -3.97. The predicted molar refractivity (Wildman–Crippen MR) is 73.6 cm³/mol. The summed E-state index contributed by atoms with van der Waals surface area (Å²) in [6, 6.07) is 0. The minimum Gasteiger partial charge on any atom is -0.858 e. The first-order chi connectivity index (χ1) is 8.74. The Balaban J connectivity index is 0.000000344. The average molecular weight is 292 g/mol. The number of allylic oxidation sites excluding steroid dienone is 1. The zero-order chi connectivity index (χ0) is 15.1. The molecule has 1 rings (SSSR count). The Bertz CT molecular complexity index is 419. The summed E-state index contributed by atoms with van der Waals surface area (Å²) in [5.41, 5.74) is 0. The van der Waals surface area contributed by atoms with Crippen LogP contribution in [0.2, 0.25) is 0 Å². The van der Waals surface area contributed by atoms with Crippen molar-refractivity contribution < 1.29 is 22.2 Å². The Morgan fingerprint density at radius 3 is 1.79 bits per heavy atom. The van der Waals surface area contributed by atoms with Gasteiger partial charge in [-0.15, -0.1) is 4.40 Å². The van der Waals surface area contributed by atoms with Crippen molar-refractivity contribution in [1.29, 1.82) is 0 Å². The molecule has 1 aliphatic heterocycles. The number of rotatable bonds is 4. The molecule has 1 heterocycles. The second-order valence-corrected chi connectivity index (χ2v) is 5.51. The molecule has 0 aromatic heterocycles. The fourth-order valence-corrected chi connectivity index (χ4v) is 2.55. The van der Waals surface area contributed by atoms with Crippen molar-refractivity contribution in [2.24, 2.45) is 4.40 Å². The van der Waals surface area contributed by atoms with E-state index in [4.69, 9.17) is 0 Å². The number of hydrogen-bond donors (Lipinski definition) is 0. The SMILES string of the molecule is CC1=CC([O-])=NS(=O)(=O)O1.CC[N+](CC)(CC)CC. The van der Waals surface area contributed by atoms with Gasteiger partial charge in [0.2, 0.25) is 0 Å². The van der Waals surface area contributed by atoms with E-state index in [1.165, 1.54) is 37.6 Å². The average Bonchev–Trinajstić information content (AvgIpc) is 2.30. The van der Waals surface area contributed by atoms with Crippen molar-refractivity contribution in [2.45, 2.75) is 34.6 Å². The van der Waals surface area contributed by atoms with Gasteiger partial charge in [0.15, 0.2) is 0 Å². The molecule has 0 atom stereocenters. The fourth-order valence-electron chi connectivity index (χ4n) is 1.86. The van der Waals surface area contributed by atoms with Gasteiger partial charge >= 0.3 is 10.3 Å². The largest absolute Gasteiger partial charge is 0.858 e. The van der Waals surface area contributed by atoms with Crippen LogP contribution in [0.5, 0.6) is 0 Å². The Hall–Kier alpha value is -1.08. The van der Waals surface area contributed by atoms with E-state index >= 15 is 0 Å². The van der Waals surface area contributed by atoms with Crippen molar-refractivity contribution in [1.82, 2.24) is 0 Å². The number of quaternary nitrogens is 1. The molecule has 1 aliphatic rings. The van der Waals surface area contributed by atoms with E-state index in [9.17, 15) is 13.5 Å². The third-order valence-electron chi connectivity index (χ3n) is 3.45. The zero-order valence-electron chi connectivity index (χ0n) is 12.3. The molecule has 0 N–H and O–H groups in total. The monoisotopic (exact) mass is 292 g/mol. The molecule has 0 amide bonds. The zero-order valence-corrected chi connectivity index (χ0v) is 13.2. The lowest BCUT2D eigenvalue weighted by atomic mass is 10.3. The standard InChI is InChI=1S/C8H20N.C4H5NO4S/c1-5-9(6-2,7-3)8-4;1-3-2-4(6)5-10(7,8)9-3/h5-8H2,1-4H3;2H,1H3,(H,5,6)/q+1;/p-1. The molecule has 0 aromatic rings. The van der Waals surface area contributed by atoms with Crippen molar-refractivity contribution >= 4 is 16.2 Å². The summed E-state index contributed by atoms with van der Waals surface area (Å²) in [6.45, 7) is 15.6. The lowest BCUT2D eigenvalue weighted by Crippen LogP contribution is -2.47. The summed E-state index contributed by atoms with van der Waals surface area (Å²) < 4.78 is 29.0. The third-order valence-corrected chi connectivity index (χ3v) is 4.33. The van der Waals surface area contributed by atoms with Crippen molar-refractivity contribution in [2.75, 3.05) is 26.2 Å². The van der Waals surface area contributed by atoms with E-state index < -0.39 is 16.2 Å². The molecule has 19 heavy (non-hydrogen) atoms. The van der Waals surface area contributed by atoms with Crippen molar-refractivity contribution in [3.8, 4) is 0 Å². The van der Waals surface area contributed by atoms with Crippen LogP contribution in [-0.4, -0.2) is 45.0 Å². The maximum atomic E-state index is 10.4. The molecule has 6 nitrogen and oxygen atoms in total. The van der Waals surface area contributed by atoms with Crippen LogP contribution in [0.15, 0.2) is 16.2 Å². The highest BCUT2D eigenvalue weighted by Gasteiger charge is 2.16. The molecule has 112 valence electrons. The first-order valence-corrected chi connectivity index (χ1v) is 7.85. The Labute approximate surface area is 116 Å². The lowest BCUT2D eigenvalue weighted by molar-refractivity contribution is -0.921. The summed E-state index contributed by atoms with van der Waals surface area (Å²) >= 11 is 0. The summed E-state index contributed by atoms with van der Waals surface area (Å²) in [5.74, 6) is -0.760. The highest BCUT2D eigenvalue weighted by atomic mass is 32.2. The maximum absolute atomic E-state index is 10.4. The van der Waals surface area contributed by atoms with Gasteiger partial charge in [0.25, 0.3) is 0 Å². The predicted octanol–water partition coefficient (Wildman–Crippen LogP) is 0.807. The lowest BCUT2D eigenvalue weighted by Gasteiger charge is -2.34. The number of nitrogens with zero attached hydrogens (tertiary/aromatic N) is 2. The van der Waals surface area contributed by atoms with Crippen LogP contribution in [-0.2, 0) is 14.5 Å². The molecular formula is C12H24N2O4S. The second kappa shape index (κ2) is 7.49. The van der Waals surface area contributed by atoms with Gasteiger partial charge in [0.1, 0.15) is 5.76 Å². The van der Waals surface area contributed by atoms with Crippen LogP contribution in [0.3, 0.4) is 0 Å². The normalized spacial score (nSPS) is 17.5. The van der Waals surface area contributed by atoms with Gasteiger partial charge in [0.05, 0.1) is 26.2 Å². The number of hydrogen-bond acceptors (Lipinski definition) is 4. The maximum Gasteiger partial charge on any atom is 0.427 e. The second-order valence-electron chi connectivity index (χ2n) is 4.30. The third kappa shape index (κ3) is 6.07. The van der Waals surface area contributed by atoms with Gasteiger partial charge in [-0.1, -0.05) is 0 Å². The molecule has 0 aromatic carbocycles. The van der Waals surface area contributed by atoms with E-state index in [0.29, 0.717) is 0 Å². The first kappa shape index (κ1) is 17.9. The Morgan fingerprint density at radius 2 is 1.58 bits per heavy atom. The quantitative estimate of drug-likeness (QED) is 0.718. The smallest absolute Gasteiger partial charge is 0.427 e.